The number of carbonyl (C=O) groups is 1. The summed E-state index contributed by atoms with van der Waals surface area (Å²) < 4.78 is 20.6. The first-order chi connectivity index (χ1) is 13.6. The summed E-state index contributed by atoms with van der Waals surface area (Å²) in [6.07, 6.45) is 0. The number of aromatic nitrogens is 2. The summed E-state index contributed by atoms with van der Waals surface area (Å²) in [4.78, 5) is 14.5. The van der Waals surface area contributed by atoms with E-state index in [1.807, 2.05) is 51.1 Å². The topological polar surface area (TPSA) is 47.4 Å². The van der Waals surface area contributed by atoms with Crippen molar-refractivity contribution in [3.8, 4) is 5.88 Å². The molecule has 6 heteroatoms. The summed E-state index contributed by atoms with van der Waals surface area (Å²) in [5.74, 6) is -0.0744. The van der Waals surface area contributed by atoms with Crippen molar-refractivity contribution in [2.45, 2.75) is 33.4 Å². The minimum absolute atomic E-state index is 0.0122. The van der Waals surface area contributed by atoms with Crippen molar-refractivity contribution in [2.75, 3.05) is 11.4 Å². The first-order valence-electron chi connectivity index (χ1n) is 9.45. The van der Waals surface area contributed by atoms with Gasteiger partial charge in [-0.3, -0.25) is 9.48 Å². The molecule has 2 heterocycles. The Morgan fingerprint density at radius 3 is 2.46 bits per heavy atom. The first-order valence-corrected chi connectivity index (χ1v) is 9.45. The lowest BCUT2D eigenvalue weighted by molar-refractivity contribution is 0.0953. The molecule has 146 valence electrons. The van der Waals surface area contributed by atoms with Gasteiger partial charge < -0.3 is 9.64 Å². The van der Waals surface area contributed by atoms with Crippen LogP contribution < -0.4 is 9.64 Å². The van der Waals surface area contributed by atoms with Gasteiger partial charge in [-0.1, -0.05) is 44.2 Å². The van der Waals surface area contributed by atoms with E-state index in [-0.39, 0.29) is 17.8 Å². The Kier molecular flexibility index (Phi) is 6.09. The summed E-state index contributed by atoms with van der Waals surface area (Å²) in [5.41, 5.74) is 2.17. The van der Waals surface area contributed by atoms with E-state index in [1.54, 1.807) is 27.8 Å². The van der Waals surface area contributed by atoms with Crippen LogP contribution in [-0.4, -0.2) is 22.2 Å². The third-order valence-corrected chi connectivity index (χ3v) is 4.41. The highest BCUT2D eigenvalue weighted by atomic mass is 19.1. The predicted molar refractivity (Wildman–Crippen MR) is 107 cm³/mol. The molecular weight excluding hydrogens is 357 g/mol. The lowest BCUT2D eigenvalue weighted by atomic mass is 10.1. The quantitative estimate of drug-likeness (QED) is 0.649. The summed E-state index contributed by atoms with van der Waals surface area (Å²) in [5, 5.41) is 4.43. The SMILES string of the molecule is CC.CC1CN(c2ccc(F)cc2)C(=O)c2cc(OCc3ccccc3)nn21. The number of benzene rings is 2. The third kappa shape index (κ3) is 4.06. The van der Waals surface area contributed by atoms with E-state index in [4.69, 9.17) is 4.74 Å². The molecule has 1 aromatic heterocycles. The lowest BCUT2D eigenvalue weighted by Gasteiger charge is -2.31. The highest BCUT2D eigenvalue weighted by Gasteiger charge is 2.32. The van der Waals surface area contributed by atoms with Crippen molar-refractivity contribution in [1.29, 1.82) is 0 Å². The number of hydrogen-bond acceptors (Lipinski definition) is 3. The van der Waals surface area contributed by atoms with Gasteiger partial charge in [0.2, 0.25) is 5.88 Å². The van der Waals surface area contributed by atoms with Crippen molar-refractivity contribution in [1.82, 2.24) is 9.78 Å². The number of ether oxygens (including phenoxy) is 1. The normalized spacial score (nSPS) is 15.5. The Morgan fingerprint density at radius 1 is 1.11 bits per heavy atom. The Bertz CT molecular complexity index is 923. The van der Waals surface area contributed by atoms with Crippen LogP contribution in [0.5, 0.6) is 5.88 Å². The number of amides is 1. The van der Waals surface area contributed by atoms with E-state index in [2.05, 4.69) is 5.10 Å². The Morgan fingerprint density at radius 2 is 1.79 bits per heavy atom. The Hall–Kier alpha value is -3.15. The molecular formula is C22H24FN3O2. The zero-order valence-corrected chi connectivity index (χ0v) is 16.3. The van der Waals surface area contributed by atoms with Crippen LogP contribution in [0.4, 0.5) is 10.1 Å². The van der Waals surface area contributed by atoms with Gasteiger partial charge in [0.1, 0.15) is 18.1 Å². The molecule has 28 heavy (non-hydrogen) atoms. The van der Waals surface area contributed by atoms with Gasteiger partial charge in [0.15, 0.2) is 0 Å². The largest absolute Gasteiger partial charge is 0.472 e. The maximum absolute atomic E-state index is 13.2. The van der Waals surface area contributed by atoms with Gasteiger partial charge in [0, 0.05) is 18.3 Å². The second kappa shape index (κ2) is 8.69. The molecule has 0 radical (unpaired) electrons. The second-order valence-corrected chi connectivity index (χ2v) is 6.33. The minimum Gasteiger partial charge on any atom is -0.472 e. The standard InChI is InChI=1S/C20H18FN3O2.C2H6/c1-14-12-23(17-9-7-16(21)8-10-17)20(25)18-11-19(22-24(14)18)26-13-15-5-3-2-4-6-15;1-2/h2-11,14H,12-13H2,1H3;1-2H3. The van der Waals surface area contributed by atoms with Gasteiger partial charge in [-0.05, 0) is 36.8 Å². The summed E-state index contributed by atoms with van der Waals surface area (Å²) in [6, 6.07) is 17.4. The Labute approximate surface area is 164 Å². The van der Waals surface area contributed by atoms with Crippen molar-refractivity contribution >= 4 is 11.6 Å². The lowest BCUT2D eigenvalue weighted by Crippen LogP contribution is -2.42. The van der Waals surface area contributed by atoms with E-state index in [0.29, 0.717) is 30.4 Å². The van der Waals surface area contributed by atoms with Crippen LogP contribution in [0.2, 0.25) is 0 Å². The molecule has 4 rings (SSSR count). The number of rotatable bonds is 4. The van der Waals surface area contributed by atoms with Crippen molar-refractivity contribution in [3.63, 3.8) is 0 Å². The second-order valence-electron chi connectivity index (χ2n) is 6.33. The molecule has 3 aromatic rings. The molecule has 1 aliphatic rings. The molecule has 0 bridgehead atoms. The molecule has 1 unspecified atom stereocenters. The molecule has 0 aliphatic carbocycles. The zero-order valence-electron chi connectivity index (χ0n) is 16.3. The van der Waals surface area contributed by atoms with E-state index in [0.717, 1.165) is 5.56 Å². The number of nitrogens with zero attached hydrogens (tertiary/aromatic N) is 3. The predicted octanol–water partition coefficient (Wildman–Crippen LogP) is 4.85. The van der Waals surface area contributed by atoms with Crippen LogP contribution in [0.25, 0.3) is 0 Å². The Balaban J connectivity index is 0.00000109. The zero-order chi connectivity index (χ0) is 20.1. The van der Waals surface area contributed by atoms with Gasteiger partial charge in [0.05, 0.1) is 6.04 Å². The van der Waals surface area contributed by atoms with E-state index >= 15 is 0 Å². The molecule has 0 N–H and O–H groups in total. The van der Waals surface area contributed by atoms with Gasteiger partial charge >= 0.3 is 0 Å². The van der Waals surface area contributed by atoms with E-state index in [1.165, 1.54) is 12.1 Å². The summed E-state index contributed by atoms with van der Waals surface area (Å²) >= 11 is 0. The molecule has 2 aromatic carbocycles. The third-order valence-electron chi connectivity index (χ3n) is 4.41. The van der Waals surface area contributed by atoms with E-state index in [9.17, 15) is 9.18 Å². The molecule has 0 spiro atoms. The molecule has 0 fully saturated rings. The van der Waals surface area contributed by atoms with Crippen LogP contribution in [-0.2, 0) is 6.61 Å². The smallest absolute Gasteiger partial charge is 0.276 e. The number of anilines is 1. The number of fused-ring (bicyclic) bond motifs is 1. The van der Waals surface area contributed by atoms with Gasteiger partial charge in [-0.2, -0.15) is 0 Å². The molecule has 1 atom stereocenters. The average molecular weight is 381 g/mol. The summed E-state index contributed by atoms with van der Waals surface area (Å²) in [6.45, 7) is 6.85. The molecule has 1 aliphatic heterocycles. The number of carbonyl (C=O) groups excluding carboxylic acids is 1. The fourth-order valence-electron chi connectivity index (χ4n) is 3.08. The van der Waals surface area contributed by atoms with Gasteiger partial charge in [-0.15, -0.1) is 5.10 Å². The highest BCUT2D eigenvalue weighted by Crippen LogP contribution is 2.28. The fraction of sp³-hybridized carbons (Fsp3) is 0.273. The molecule has 0 saturated heterocycles. The first kappa shape index (κ1) is 19.6. The van der Waals surface area contributed by atoms with Gasteiger partial charge in [-0.25, -0.2) is 4.39 Å². The molecule has 1 amide bonds. The average Bonchev–Trinajstić information content (AvgIpc) is 3.18. The van der Waals surface area contributed by atoms with E-state index < -0.39 is 0 Å². The maximum atomic E-state index is 13.2. The monoisotopic (exact) mass is 381 g/mol. The summed E-state index contributed by atoms with van der Waals surface area (Å²) in [7, 11) is 0. The fourth-order valence-corrected chi connectivity index (χ4v) is 3.08. The molecule has 5 nitrogen and oxygen atoms in total. The van der Waals surface area contributed by atoms with Crippen LogP contribution in [0.15, 0.2) is 60.7 Å². The van der Waals surface area contributed by atoms with Crippen LogP contribution in [0.3, 0.4) is 0 Å². The van der Waals surface area contributed by atoms with Crippen molar-refractivity contribution in [2.24, 2.45) is 0 Å². The number of halogens is 1. The van der Waals surface area contributed by atoms with Crippen LogP contribution in [0.1, 0.15) is 42.9 Å². The minimum atomic E-state index is -0.326. The van der Waals surface area contributed by atoms with Crippen molar-refractivity contribution in [3.05, 3.63) is 77.7 Å². The molecule has 0 saturated carbocycles. The van der Waals surface area contributed by atoms with Crippen LogP contribution >= 0.6 is 0 Å². The van der Waals surface area contributed by atoms with Crippen molar-refractivity contribution < 1.29 is 13.9 Å². The highest BCUT2D eigenvalue weighted by molar-refractivity contribution is 6.06. The number of hydrogen-bond donors (Lipinski definition) is 0. The van der Waals surface area contributed by atoms with Crippen LogP contribution in [0, 0.1) is 5.82 Å². The maximum Gasteiger partial charge on any atom is 0.276 e. The van der Waals surface area contributed by atoms with Gasteiger partial charge in [0.25, 0.3) is 5.91 Å².